The Morgan fingerprint density at radius 2 is 2.12 bits per heavy atom. The van der Waals surface area contributed by atoms with E-state index in [0.717, 1.165) is 0 Å². The number of carbonyl (C=O) groups excluding carboxylic acids is 1. The molecule has 134 valence electrons. The smallest absolute Gasteiger partial charge is 0.283 e. The second-order valence-electron chi connectivity index (χ2n) is 5.49. The summed E-state index contributed by atoms with van der Waals surface area (Å²) in [5.41, 5.74) is -2.60. The summed E-state index contributed by atoms with van der Waals surface area (Å²) in [5.74, 6) is 0.679. The fourth-order valence-corrected chi connectivity index (χ4v) is 3.82. The number of thioether (sulfide) groups is 1. The molecule has 0 spiro atoms. The largest absolute Gasteiger partial charge is 0.457 e. The van der Waals surface area contributed by atoms with Crippen LogP contribution in [0.1, 0.15) is 11.3 Å². The molecule has 1 unspecified atom stereocenters. The summed E-state index contributed by atoms with van der Waals surface area (Å²) in [7, 11) is 1.52. The van der Waals surface area contributed by atoms with Gasteiger partial charge in [0.2, 0.25) is 0 Å². The fraction of sp³-hybridized carbons (Fsp3) is 0.111. The van der Waals surface area contributed by atoms with Crippen molar-refractivity contribution in [2.45, 2.75) is 5.66 Å². The van der Waals surface area contributed by atoms with Crippen molar-refractivity contribution >= 4 is 49.5 Å². The van der Waals surface area contributed by atoms with Gasteiger partial charge in [-0.2, -0.15) is 8.78 Å². The topological polar surface area (TPSA) is 33.5 Å². The number of hydrogen-bond donors (Lipinski definition) is 0. The van der Waals surface area contributed by atoms with Crippen molar-refractivity contribution < 1.29 is 18.0 Å². The number of rotatable bonds is 5. The van der Waals surface area contributed by atoms with Gasteiger partial charge in [-0.15, -0.1) is 6.58 Å². The van der Waals surface area contributed by atoms with Crippen LogP contribution in [0.15, 0.2) is 58.4 Å². The van der Waals surface area contributed by atoms with Gasteiger partial charge in [-0.05, 0) is 18.2 Å². The summed E-state index contributed by atoms with van der Waals surface area (Å²) < 4.78 is 33.1. The molecule has 1 aliphatic rings. The predicted octanol–water partition coefficient (Wildman–Crippen LogP) is 5.26. The summed E-state index contributed by atoms with van der Waals surface area (Å²) in [6, 6.07) is 9.32. The van der Waals surface area contributed by atoms with E-state index >= 15 is 0 Å². The Morgan fingerprint density at radius 1 is 1.35 bits per heavy atom. The molecule has 1 atom stereocenters. The molecule has 2 heterocycles. The minimum atomic E-state index is -3.01. The van der Waals surface area contributed by atoms with E-state index in [0.29, 0.717) is 32.9 Å². The minimum Gasteiger partial charge on any atom is -0.457 e. The third-order valence-corrected chi connectivity index (χ3v) is 5.33. The predicted molar refractivity (Wildman–Crippen MR) is 108 cm³/mol. The summed E-state index contributed by atoms with van der Waals surface area (Å²) in [6.07, 6.45) is 3.20. The molecular weight excluding hydrogens is 395 g/mol. The van der Waals surface area contributed by atoms with E-state index in [2.05, 4.69) is 6.58 Å². The first-order valence-corrected chi connectivity index (χ1v) is 9.33. The monoisotopic (exact) mass is 409 g/mol. The van der Waals surface area contributed by atoms with Crippen molar-refractivity contribution in [2.75, 3.05) is 6.54 Å². The molecule has 0 aliphatic carbocycles. The Labute approximate surface area is 161 Å². The SMILES string of the molecule is C=CCN1C(=O)/C(=C\c2ccc(-c3cccc(C(F)(F)P)c3)o2)SC1=S. The molecule has 1 amide bonds. The van der Waals surface area contributed by atoms with Gasteiger partial charge in [0.1, 0.15) is 15.8 Å². The van der Waals surface area contributed by atoms with Gasteiger partial charge in [-0.25, -0.2) is 0 Å². The molecule has 26 heavy (non-hydrogen) atoms. The first-order valence-electron chi connectivity index (χ1n) is 7.53. The number of halogens is 2. The van der Waals surface area contributed by atoms with Crippen LogP contribution in [-0.4, -0.2) is 21.7 Å². The van der Waals surface area contributed by atoms with Gasteiger partial charge < -0.3 is 4.42 Å². The van der Waals surface area contributed by atoms with Crippen LogP contribution in [0.5, 0.6) is 0 Å². The zero-order valence-corrected chi connectivity index (χ0v) is 16.2. The van der Waals surface area contributed by atoms with Crippen LogP contribution in [0.2, 0.25) is 0 Å². The van der Waals surface area contributed by atoms with Gasteiger partial charge in [0.25, 0.3) is 11.6 Å². The Morgan fingerprint density at radius 3 is 2.81 bits per heavy atom. The van der Waals surface area contributed by atoms with Gasteiger partial charge >= 0.3 is 0 Å². The van der Waals surface area contributed by atoms with E-state index in [4.69, 9.17) is 16.6 Å². The lowest BCUT2D eigenvalue weighted by atomic mass is 10.1. The zero-order chi connectivity index (χ0) is 18.9. The average Bonchev–Trinajstić information content (AvgIpc) is 3.15. The van der Waals surface area contributed by atoms with Crippen LogP contribution in [0.25, 0.3) is 17.4 Å². The minimum absolute atomic E-state index is 0.122. The number of nitrogens with zero attached hydrogens (tertiary/aromatic N) is 1. The second kappa shape index (κ2) is 7.43. The number of carbonyl (C=O) groups is 1. The highest BCUT2D eigenvalue weighted by Crippen LogP contribution is 2.37. The van der Waals surface area contributed by atoms with Crippen LogP contribution in [-0.2, 0) is 10.5 Å². The molecule has 1 aromatic carbocycles. The van der Waals surface area contributed by atoms with E-state index in [1.807, 2.05) is 0 Å². The number of thiocarbonyl (C=S) groups is 1. The molecule has 0 radical (unpaired) electrons. The average molecular weight is 409 g/mol. The van der Waals surface area contributed by atoms with Crippen LogP contribution < -0.4 is 0 Å². The lowest BCUT2D eigenvalue weighted by Crippen LogP contribution is -2.27. The third kappa shape index (κ3) is 3.95. The summed E-state index contributed by atoms with van der Waals surface area (Å²) in [5, 5.41) is 0. The Balaban J connectivity index is 1.86. The number of benzene rings is 1. The van der Waals surface area contributed by atoms with Gasteiger partial charge in [0.15, 0.2) is 0 Å². The normalized spacial score (nSPS) is 16.6. The summed E-state index contributed by atoms with van der Waals surface area (Å²) in [6.45, 7) is 3.96. The van der Waals surface area contributed by atoms with Crippen molar-refractivity contribution in [3.05, 3.63) is 65.3 Å². The zero-order valence-electron chi connectivity index (χ0n) is 13.4. The standard InChI is InChI=1S/C18H14F2NO2PS2/c1-2-8-21-16(22)15(26-17(21)25)10-13-6-7-14(23-13)11-4-3-5-12(9-11)18(19,20)24/h2-7,9-10H,1,8,24H2/b15-10+. The summed E-state index contributed by atoms with van der Waals surface area (Å²) >= 11 is 6.37. The van der Waals surface area contributed by atoms with E-state index in [1.165, 1.54) is 38.0 Å². The van der Waals surface area contributed by atoms with Gasteiger partial charge in [-0.3, -0.25) is 9.69 Å². The number of hydrogen-bond acceptors (Lipinski definition) is 4. The molecule has 3 nitrogen and oxygen atoms in total. The molecule has 0 bridgehead atoms. The number of furan rings is 1. The maximum absolute atomic E-state index is 13.5. The summed E-state index contributed by atoms with van der Waals surface area (Å²) in [4.78, 5) is 14.2. The maximum Gasteiger partial charge on any atom is 0.283 e. The van der Waals surface area contributed by atoms with E-state index < -0.39 is 5.66 Å². The van der Waals surface area contributed by atoms with Crippen molar-refractivity contribution in [1.29, 1.82) is 0 Å². The Bertz CT molecular complexity index is 918. The van der Waals surface area contributed by atoms with Crippen molar-refractivity contribution in [2.24, 2.45) is 0 Å². The van der Waals surface area contributed by atoms with Crippen LogP contribution >= 0.6 is 33.2 Å². The second-order valence-corrected chi connectivity index (χ2v) is 7.89. The highest BCUT2D eigenvalue weighted by atomic mass is 32.2. The fourth-order valence-electron chi connectivity index (χ4n) is 2.38. The highest BCUT2D eigenvalue weighted by Gasteiger charge is 2.31. The lowest BCUT2D eigenvalue weighted by Gasteiger charge is -2.10. The first-order chi connectivity index (χ1) is 12.3. The molecule has 3 rings (SSSR count). The molecule has 0 N–H and O–H groups in total. The molecule has 1 saturated heterocycles. The molecular formula is C18H14F2NO2PS2. The third-order valence-electron chi connectivity index (χ3n) is 3.62. The van der Waals surface area contributed by atoms with Crippen molar-refractivity contribution in [3.8, 4) is 11.3 Å². The van der Waals surface area contributed by atoms with Gasteiger partial charge in [-0.1, -0.05) is 57.5 Å². The van der Waals surface area contributed by atoms with Gasteiger partial charge in [0, 0.05) is 23.7 Å². The quantitative estimate of drug-likeness (QED) is 0.292. The molecule has 2 aromatic rings. The highest BCUT2D eigenvalue weighted by molar-refractivity contribution is 8.26. The Kier molecular flexibility index (Phi) is 5.42. The van der Waals surface area contributed by atoms with E-state index in [-0.39, 0.29) is 11.5 Å². The molecule has 1 aromatic heterocycles. The molecule has 1 fully saturated rings. The molecule has 8 heteroatoms. The van der Waals surface area contributed by atoms with Crippen LogP contribution in [0.4, 0.5) is 8.78 Å². The van der Waals surface area contributed by atoms with Crippen molar-refractivity contribution in [1.82, 2.24) is 4.90 Å². The van der Waals surface area contributed by atoms with Crippen molar-refractivity contribution in [3.63, 3.8) is 0 Å². The molecule has 1 aliphatic heterocycles. The number of amides is 1. The number of alkyl halides is 2. The van der Waals surface area contributed by atoms with Gasteiger partial charge in [0.05, 0.1) is 4.91 Å². The molecule has 0 saturated carbocycles. The van der Waals surface area contributed by atoms with E-state index in [1.54, 1.807) is 36.4 Å². The van der Waals surface area contributed by atoms with Crippen LogP contribution in [0, 0.1) is 0 Å². The maximum atomic E-state index is 13.5. The van der Waals surface area contributed by atoms with Crippen LogP contribution in [0.3, 0.4) is 0 Å². The first kappa shape index (κ1) is 19.0. The lowest BCUT2D eigenvalue weighted by molar-refractivity contribution is -0.121. The Hall–Kier alpha value is -1.82. The van der Waals surface area contributed by atoms with E-state index in [9.17, 15) is 13.6 Å².